The average Bonchev–Trinajstić information content (AvgIpc) is 2.97. The number of ether oxygens (including phenoxy) is 3. The first kappa shape index (κ1) is 17.2. The molecule has 1 aromatic carbocycles. The first-order chi connectivity index (χ1) is 12.2. The zero-order chi connectivity index (χ0) is 17.6. The van der Waals surface area contributed by atoms with E-state index in [0.29, 0.717) is 25.7 Å². The Morgan fingerprint density at radius 3 is 2.72 bits per heavy atom. The van der Waals surface area contributed by atoms with E-state index in [1.807, 2.05) is 47.8 Å². The first-order valence-electron chi connectivity index (χ1n) is 8.44. The maximum atomic E-state index is 5.69. The van der Waals surface area contributed by atoms with E-state index in [0.717, 1.165) is 34.8 Å². The second-order valence-electron chi connectivity index (χ2n) is 5.70. The van der Waals surface area contributed by atoms with Gasteiger partial charge in [0.25, 0.3) is 0 Å². The Hall–Kier alpha value is -2.60. The zero-order valence-electron chi connectivity index (χ0n) is 14.9. The highest BCUT2D eigenvalue weighted by Gasteiger charge is 2.13. The summed E-state index contributed by atoms with van der Waals surface area (Å²) in [5.41, 5.74) is 3.64. The SMILES string of the molecule is CCCOc1ccc2nc(-c3cccc(OCCOC)c3)c(C)n2n1. The molecule has 2 aromatic heterocycles. The van der Waals surface area contributed by atoms with Crippen LogP contribution in [0.5, 0.6) is 11.6 Å². The van der Waals surface area contributed by atoms with Gasteiger partial charge in [-0.3, -0.25) is 0 Å². The highest BCUT2D eigenvalue weighted by Crippen LogP contribution is 2.27. The molecule has 0 aliphatic carbocycles. The van der Waals surface area contributed by atoms with Gasteiger partial charge in [0.1, 0.15) is 12.4 Å². The third kappa shape index (κ3) is 3.91. The molecule has 0 amide bonds. The fraction of sp³-hybridized carbons (Fsp3) is 0.368. The Balaban J connectivity index is 1.90. The summed E-state index contributed by atoms with van der Waals surface area (Å²) in [6.45, 7) is 5.80. The van der Waals surface area contributed by atoms with Crippen molar-refractivity contribution < 1.29 is 14.2 Å². The summed E-state index contributed by atoms with van der Waals surface area (Å²) in [7, 11) is 1.66. The van der Waals surface area contributed by atoms with Crippen LogP contribution in [0.2, 0.25) is 0 Å². The lowest BCUT2D eigenvalue weighted by atomic mass is 10.1. The van der Waals surface area contributed by atoms with Crippen molar-refractivity contribution in [2.75, 3.05) is 26.9 Å². The first-order valence-corrected chi connectivity index (χ1v) is 8.44. The number of benzene rings is 1. The van der Waals surface area contributed by atoms with Crippen LogP contribution in [0.15, 0.2) is 36.4 Å². The number of rotatable bonds is 8. The smallest absolute Gasteiger partial charge is 0.231 e. The number of fused-ring (bicyclic) bond motifs is 1. The molecule has 0 saturated carbocycles. The summed E-state index contributed by atoms with van der Waals surface area (Å²) in [5, 5.41) is 4.53. The monoisotopic (exact) mass is 341 g/mol. The van der Waals surface area contributed by atoms with E-state index in [2.05, 4.69) is 12.0 Å². The van der Waals surface area contributed by atoms with Crippen molar-refractivity contribution in [3.8, 4) is 22.9 Å². The molecule has 0 unspecified atom stereocenters. The third-order valence-electron chi connectivity index (χ3n) is 3.80. The molecule has 132 valence electrons. The van der Waals surface area contributed by atoms with Gasteiger partial charge in [0.15, 0.2) is 5.65 Å². The molecule has 3 aromatic rings. The molecule has 0 saturated heterocycles. The van der Waals surface area contributed by atoms with E-state index in [1.165, 1.54) is 0 Å². The van der Waals surface area contributed by atoms with E-state index in [4.69, 9.17) is 19.2 Å². The summed E-state index contributed by atoms with van der Waals surface area (Å²) in [6, 6.07) is 11.7. The zero-order valence-corrected chi connectivity index (χ0v) is 14.9. The van der Waals surface area contributed by atoms with E-state index >= 15 is 0 Å². The Labute approximate surface area is 147 Å². The summed E-state index contributed by atoms with van der Waals surface area (Å²) in [5.74, 6) is 1.41. The van der Waals surface area contributed by atoms with Gasteiger partial charge in [-0.15, -0.1) is 5.10 Å². The Morgan fingerprint density at radius 1 is 1.04 bits per heavy atom. The second kappa shape index (κ2) is 7.98. The lowest BCUT2D eigenvalue weighted by Gasteiger charge is -2.07. The topological polar surface area (TPSA) is 57.9 Å². The number of methoxy groups -OCH3 is 1. The van der Waals surface area contributed by atoms with E-state index in [9.17, 15) is 0 Å². The summed E-state index contributed by atoms with van der Waals surface area (Å²) < 4.78 is 18.1. The van der Waals surface area contributed by atoms with Gasteiger partial charge in [-0.2, -0.15) is 0 Å². The molecule has 0 bridgehead atoms. The van der Waals surface area contributed by atoms with Gasteiger partial charge in [-0.25, -0.2) is 9.50 Å². The van der Waals surface area contributed by atoms with Crippen LogP contribution in [-0.4, -0.2) is 41.5 Å². The number of hydrogen-bond donors (Lipinski definition) is 0. The van der Waals surface area contributed by atoms with E-state index in [1.54, 1.807) is 7.11 Å². The normalized spacial score (nSPS) is 11.0. The molecule has 0 radical (unpaired) electrons. The van der Waals surface area contributed by atoms with Gasteiger partial charge in [0.05, 0.1) is 24.6 Å². The number of imidazole rings is 1. The van der Waals surface area contributed by atoms with Crippen molar-refractivity contribution in [2.24, 2.45) is 0 Å². The highest BCUT2D eigenvalue weighted by atomic mass is 16.5. The largest absolute Gasteiger partial charge is 0.491 e. The predicted octanol–water partition coefficient (Wildman–Crippen LogP) is 3.52. The van der Waals surface area contributed by atoms with Crippen molar-refractivity contribution in [1.29, 1.82) is 0 Å². The summed E-state index contributed by atoms with van der Waals surface area (Å²) >= 11 is 0. The van der Waals surface area contributed by atoms with Crippen LogP contribution in [0.1, 0.15) is 19.0 Å². The molecule has 0 fully saturated rings. The van der Waals surface area contributed by atoms with Crippen LogP contribution in [0.25, 0.3) is 16.9 Å². The fourth-order valence-electron chi connectivity index (χ4n) is 2.56. The van der Waals surface area contributed by atoms with Gasteiger partial charge < -0.3 is 14.2 Å². The maximum Gasteiger partial charge on any atom is 0.231 e. The Bertz CT molecular complexity index is 845. The molecule has 0 spiro atoms. The summed E-state index contributed by atoms with van der Waals surface area (Å²) in [4.78, 5) is 4.71. The third-order valence-corrected chi connectivity index (χ3v) is 3.80. The van der Waals surface area contributed by atoms with E-state index < -0.39 is 0 Å². The molecule has 0 aliphatic rings. The molecule has 3 rings (SSSR count). The molecule has 25 heavy (non-hydrogen) atoms. The minimum atomic E-state index is 0.518. The van der Waals surface area contributed by atoms with Gasteiger partial charge >= 0.3 is 0 Å². The average molecular weight is 341 g/mol. The molecule has 0 aliphatic heterocycles. The van der Waals surface area contributed by atoms with Gasteiger partial charge in [-0.05, 0) is 31.5 Å². The molecular weight excluding hydrogens is 318 g/mol. The maximum absolute atomic E-state index is 5.69. The van der Waals surface area contributed by atoms with Crippen LogP contribution in [-0.2, 0) is 4.74 Å². The number of nitrogens with zero attached hydrogens (tertiary/aromatic N) is 3. The van der Waals surface area contributed by atoms with Crippen LogP contribution >= 0.6 is 0 Å². The van der Waals surface area contributed by atoms with Crippen molar-refractivity contribution in [3.05, 3.63) is 42.1 Å². The van der Waals surface area contributed by atoms with E-state index in [-0.39, 0.29) is 0 Å². The molecule has 6 heteroatoms. The summed E-state index contributed by atoms with van der Waals surface area (Å²) in [6.07, 6.45) is 0.948. The predicted molar refractivity (Wildman–Crippen MR) is 96.3 cm³/mol. The van der Waals surface area contributed by atoms with Crippen LogP contribution in [0.3, 0.4) is 0 Å². The highest BCUT2D eigenvalue weighted by molar-refractivity contribution is 5.67. The lowest BCUT2D eigenvalue weighted by Crippen LogP contribution is -2.04. The molecule has 6 nitrogen and oxygen atoms in total. The van der Waals surface area contributed by atoms with Gasteiger partial charge in [-0.1, -0.05) is 19.1 Å². The van der Waals surface area contributed by atoms with Crippen LogP contribution < -0.4 is 9.47 Å². The second-order valence-corrected chi connectivity index (χ2v) is 5.70. The van der Waals surface area contributed by atoms with Crippen LogP contribution in [0, 0.1) is 6.92 Å². The fourth-order valence-corrected chi connectivity index (χ4v) is 2.56. The minimum Gasteiger partial charge on any atom is -0.491 e. The minimum absolute atomic E-state index is 0.518. The Morgan fingerprint density at radius 2 is 1.92 bits per heavy atom. The van der Waals surface area contributed by atoms with Crippen LogP contribution in [0.4, 0.5) is 0 Å². The van der Waals surface area contributed by atoms with Crippen molar-refractivity contribution in [2.45, 2.75) is 20.3 Å². The molecule has 0 N–H and O–H groups in total. The lowest BCUT2D eigenvalue weighted by molar-refractivity contribution is 0.146. The quantitative estimate of drug-likeness (QED) is 0.587. The number of aryl methyl sites for hydroxylation is 1. The number of hydrogen-bond acceptors (Lipinski definition) is 5. The Kier molecular flexibility index (Phi) is 5.50. The van der Waals surface area contributed by atoms with Crippen molar-refractivity contribution >= 4 is 5.65 Å². The molecular formula is C19H23N3O3. The van der Waals surface area contributed by atoms with Crippen molar-refractivity contribution in [3.63, 3.8) is 0 Å². The van der Waals surface area contributed by atoms with Gasteiger partial charge in [0, 0.05) is 18.7 Å². The molecule has 0 atom stereocenters. The number of aromatic nitrogens is 3. The molecule has 2 heterocycles. The standard InChI is InChI=1S/C19H23N3O3/c1-4-10-25-18-9-8-17-20-19(14(2)22(17)21-18)15-6-5-7-16(13-15)24-12-11-23-3/h5-9,13H,4,10-12H2,1-3H3. The van der Waals surface area contributed by atoms with Crippen molar-refractivity contribution in [1.82, 2.24) is 14.6 Å². The van der Waals surface area contributed by atoms with Gasteiger partial charge in [0.2, 0.25) is 5.88 Å².